The summed E-state index contributed by atoms with van der Waals surface area (Å²) in [7, 11) is 0. The average Bonchev–Trinajstić information content (AvgIpc) is 1.96. The van der Waals surface area contributed by atoms with Gasteiger partial charge in [0, 0.05) is 17.7 Å². The van der Waals surface area contributed by atoms with Gasteiger partial charge >= 0.3 is 0 Å². The minimum atomic E-state index is -0.576. The van der Waals surface area contributed by atoms with E-state index in [1.54, 1.807) is 13.8 Å². The normalized spacial score (nSPS) is 13.1. The van der Waals surface area contributed by atoms with Gasteiger partial charge in [-0.15, -0.1) is 0 Å². The van der Waals surface area contributed by atoms with Gasteiger partial charge in [-0.2, -0.15) is 0 Å². The van der Waals surface area contributed by atoms with E-state index in [0.717, 1.165) is 6.07 Å². The van der Waals surface area contributed by atoms with Gasteiger partial charge in [0.25, 0.3) is 0 Å². The zero-order valence-electron chi connectivity index (χ0n) is 7.07. The van der Waals surface area contributed by atoms with Crippen molar-refractivity contribution in [2.75, 3.05) is 0 Å². The Morgan fingerprint density at radius 1 is 1.25 bits per heavy atom. The topological polar surface area (TPSA) is 26.0 Å². The Labute approximate surface area is 70.2 Å². The number of aryl methyl sites for hydroxylation is 1. The molecule has 1 atom stereocenters. The number of halogens is 2. The molecule has 2 N–H and O–H groups in total. The van der Waals surface area contributed by atoms with Gasteiger partial charge in [0.2, 0.25) is 0 Å². The van der Waals surface area contributed by atoms with E-state index in [4.69, 9.17) is 5.73 Å². The highest BCUT2D eigenvalue weighted by atomic mass is 19.1. The zero-order valence-corrected chi connectivity index (χ0v) is 7.07. The van der Waals surface area contributed by atoms with Gasteiger partial charge in [0.15, 0.2) is 0 Å². The van der Waals surface area contributed by atoms with Crippen LogP contribution >= 0.6 is 0 Å². The van der Waals surface area contributed by atoms with Crippen LogP contribution in [0.25, 0.3) is 0 Å². The Morgan fingerprint density at radius 2 is 1.83 bits per heavy atom. The smallest absolute Gasteiger partial charge is 0.130 e. The third-order valence-electron chi connectivity index (χ3n) is 1.77. The quantitative estimate of drug-likeness (QED) is 0.689. The van der Waals surface area contributed by atoms with E-state index in [-0.39, 0.29) is 0 Å². The van der Waals surface area contributed by atoms with E-state index in [1.165, 1.54) is 6.07 Å². The molecule has 0 aromatic heterocycles. The van der Waals surface area contributed by atoms with Crippen LogP contribution in [-0.4, -0.2) is 0 Å². The summed E-state index contributed by atoms with van der Waals surface area (Å²) in [5, 5.41) is 0. The minimum Gasteiger partial charge on any atom is -0.324 e. The highest BCUT2D eigenvalue weighted by Gasteiger charge is 2.09. The Morgan fingerprint density at radius 3 is 2.33 bits per heavy atom. The lowest BCUT2D eigenvalue weighted by Crippen LogP contribution is -2.08. The fraction of sp³-hybridized carbons (Fsp3) is 0.333. The molecule has 1 aromatic carbocycles. The third-order valence-corrected chi connectivity index (χ3v) is 1.77. The van der Waals surface area contributed by atoms with E-state index in [2.05, 4.69) is 0 Å². The maximum Gasteiger partial charge on any atom is 0.130 e. The molecule has 0 aliphatic rings. The maximum atomic E-state index is 13.0. The first-order valence-electron chi connectivity index (χ1n) is 3.73. The predicted molar refractivity (Wildman–Crippen MR) is 43.7 cm³/mol. The molecule has 3 heteroatoms. The van der Waals surface area contributed by atoms with Crippen molar-refractivity contribution in [3.05, 3.63) is 34.9 Å². The van der Waals surface area contributed by atoms with Crippen LogP contribution in [0, 0.1) is 18.6 Å². The standard InChI is InChI=1S/C9H11F2N/c1-5-3-7(6(2)12)9(11)4-8(5)10/h3-4,6H,12H2,1-2H3/t6-/m1/s1. The summed E-state index contributed by atoms with van der Waals surface area (Å²) in [4.78, 5) is 0. The van der Waals surface area contributed by atoms with Crippen LogP contribution in [-0.2, 0) is 0 Å². The van der Waals surface area contributed by atoms with Crippen LogP contribution in [0.5, 0.6) is 0 Å². The first-order chi connectivity index (χ1) is 5.52. The maximum absolute atomic E-state index is 13.0. The van der Waals surface area contributed by atoms with Gasteiger partial charge in [0.1, 0.15) is 11.6 Å². The lowest BCUT2D eigenvalue weighted by Gasteiger charge is -2.08. The lowest BCUT2D eigenvalue weighted by molar-refractivity contribution is 0.557. The van der Waals surface area contributed by atoms with Gasteiger partial charge in [-0.25, -0.2) is 8.78 Å². The van der Waals surface area contributed by atoms with Crippen molar-refractivity contribution in [1.29, 1.82) is 0 Å². The van der Waals surface area contributed by atoms with Crippen LogP contribution in [0.4, 0.5) is 8.78 Å². The van der Waals surface area contributed by atoms with Crippen molar-refractivity contribution < 1.29 is 8.78 Å². The number of rotatable bonds is 1. The molecule has 0 spiro atoms. The molecule has 0 bridgehead atoms. The van der Waals surface area contributed by atoms with Crippen molar-refractivity contribution in [1.82, 2.24) is 0 Å². The summed E-state index contributed by atoms with van der Waals surface area (Å²) >= 11 is 0. The second kappa shape index (κ2) is 3.19. The van der Waals surface area contributed by atoms with Crippen molar-refractivity contribution in [2.24, 2.45) is 5.73 Å². The van der Waals surface area contributed by atoms with Gasteiger partial charge in [0.05, 0.1) is 0 Å². The average molecular weight is 171 g/mol. The molecule has 66 valence electrons. The van der Waals surface area contributed by atoms with E-state index >= 15 is 0 Å². The molecule has 0 unspecified atom stereocenters. The van der Waals surface area contributed by atoms with Crippen molar-refractivity contribution in [3.63, 3.8) is 0 Å². The lowest BCUT2D eigenvalue weighted by atomic mass is 10.1. The molecule has 0 aliphatic carbocycles. The molecule has 1 aromatic rings. The van der Waals surface area contributed by atoms with Gasteiger partial charge in [-0.1, -0.05) is 0 Å². The molecular weight excluding hydrogens is 160 g/mol. The molecule has 1 rings (SSSR count). The van der Waals surface area contributed by atoms with E-state index in [1.807, 2.05) is 0 Å². The Balaban J connectivity index is 3.23. The molecule has 0 radical (unpaired) electrons. The molecule has 0 fully saturated rings. The largest absolute Gasteiger partial charge is 0.324 e. The second-order valence-corrected chi connectivity index (χ2v) is 2.91. The first-order valence-corrected chi connectivity index (χ1v) is 3.73. The molecule has 0 heterocycles. The summed E-state index contributed by atoms with van der Waals surface area (Å²) in [6.45, 7) is 3.25. The fourth-order valence-corrected chi connectivity index (χ4v) is 1.03. The molecular formula is C9H11F2N. The van der Waals surface area contributed by atoms with Crippen LogP contribution in [0.2, 0.25) is 0 Å². The highest BCUT2D eigenvalue weighted by molar-refractivity contribution is 5.27. The minimum absolute atomic E-state index is 0.355. The van der Waals surface area contributed by atoms with Crippen LogP contribution in [0.3, 0.4) is 0 Å². The number of benzene rings is 1. The Hall–Kier alpha value is -0.960. The summed E-state index contributed by atoms with van der Waals surface area (Å²) < 4.78 is 25.7. The second-order valence-electron chi connectivity index (χ2n) is 2.91. The third kappa shape index (κ3) is 1.61. The summed E-state index contributed by atoms with van der Waals surface area (Å²) in [5.41, 5.74) is 6.25. The van der Waals surface area contributed by atoms with Crippen molar-refractivity contribution in [3.8, 4) is 0 Å². The molecule has 12 heavy (non-hydrogen) atoms. The van der Waals surface area contributed by atoms with Gasteiger partial charge in [-0.3, -0.25) is 0 Å². The summed E-state index contributed by atoms with van der Waals surface area (Å²) in [6.07, 6.45) is 0. The number of hydrogen-bond donors (Lipinski definition) is 1. The fourth-order valence-electron chi connectivity index (χ4n) is 1.03. The van der Waals surface area contributed by atoms with Gasteiger partial charge in [-0.05, 0) is 25.5 Å². The monoisotopic (exact) mass is 171 g/mol. The zero-order chi connectivity index (χ0) is 9.30. The van der Waals surface area contributed by atoms with Crippen LogP contribution in [0.1, 0.15) is 24.1 Å². The van der Waals surface area contributed by atoms with E-state index in [9.17, 15) is 8.78 Å². The molecule has 1 nitrogen and oxygen atoms in total. The predicted octanol–water partition coefficient (Wildman–Crippen LogP) is 2.29. The molecule has 0 amide bonds. The highest BCUT2D eigenvalue weighted by Crippen LogP contribution is 2.18. The molecule has 0 aliphatic heterocycles. The SMILES string of the molecule is Cc1cc([C@@H](C)N)c(F)cc1F. The van der Waals surface area contributed by atoms with Gasteiger partial charge < -0.3 is 5.73 Å². The van der Waals surface area contributed by atoms with E-state index in [0.29, 0.717) is 11.1 Å². The number of hydrogen-bond acceptors (Lipinski definition) is 1. The molecule has 0 saturated carbocycles. The van der Waals surface area contributed by atoms with Crippen LogP contribution in [0.15, 0.2) is 12.1 Å². The summed E-state index contributed by atoms with van der Waals surface area (Å²) in [5.74, 6) is -1.11. The summed E-state index contributed by atoms with van der Waals surface area (Å²) in [6, 6.07) is 1.91. The van der Waals surface area contributed by atoms with Crippen LogP contribution < -0.4 is 5.73 Å². The van der Waals surface area contributed by atoms with E-state index < -0.39 is 17.7 Å². The number of nitrogens with two attached hydrogens (primary N) is 1. The molecule has 0 saturated heterocycles. The Bertz CT molecular complexity index is 295. The van der Waals surface area contributed by atoms with Crippen molar-refractivity contribution in [2.45, 2.75) is 19.9 Å². The van der Waals surface area contributed by atoms with Crippen molar-refractivity contribution >= 4 is 0 Å². The Kier molecular flexibility index (Phi) is 2.43. The first kappa shape index (κ1) is 9.13.